The standard InChI is InChI=1S/C12H19N3/c1-7(2)11-14-8-5-6-12(3,4)9(8)10(13)15-11/h7H,5-6H2,1-4H3,(H2,13,14,15). The first-order valence-corrected chi connectivity index (χ1v) is 5.58. The highest BCUT2D eigenvalue weighted by atomic mass is 15.0. The van der Waals surface area contributed by atoms with Crippen LogP contribution in [-0.4, -0.2) is 9.97 Å². The van der Waals surface area contributed by atoms with Crippen LogP contribution in [0.3, 0.4) is 0 Å². The number of nitrogen functional groups attached to an aromatic ring is 1. The highest BCUT2D eigenvalue weighted by Gasteiger charge is 2.34. The van der Waals surface area contributed by atoms with Crippen molar-refractivity contribution in [3.8, 4) is 0 Å². The summed E-state index contributed by atoms with van der Waals surface area (Å²) in [6.07, 6.45) is 2.16. The Balaban J connectivity index is 2.57. The van der Waals surface area contributed by atoms with E-state index in [2.05, 4.69) is 37.7 Å². The maximum atomic E-state index is 6.04. The molecule has 0 bridgehead atoms. The molecule has 0 amide bonds. The van der Waals surface area contributed by atoms with Crippen molar-refractivity contribution in [3.05, 3.63) is 17.1 Å². The maximum Gasteiger partial charge on any atom is 0.133 e. The van der Waals surface area contributed by atoms with E-state index in [0.717, 1.165) is 24.4 Å². The minimum atomic E-state index is 0.148. The fourth-order valence-electron chi connectivity index (χ4n) is 2.28. The molecule has 0 aromatic carbocycles. The fourth-order valence-corrected chi connectivity index (χ4v) is 2.28. The summed E-state index contributed by atoms with van der Waals surface area (Å²) < 4.78 is 0. The van der Waals surface area contributed by atoms with E-state index < -0.39 is 0 Å². The summed E-state index contributed by atoms with van der Waals surface area (Å²) in [6, 6.07) is 0. The Morgan fingerprint density at radius 1 is 1.27 bits per heavy atom. The molecule has 0 unspecified atom stereocenters. The average molecular weight is 205 g/mol. The Labute approximate surface area is 91.1 Å². The first kappa shape index (κ1) is 10.4. The molecule has 3 nitrogen and oxygen atoms in total. The number of nitrogens with two attached hydrogens (primary N) is 1. The molecular weight excluding hydrogens is 186 g/mol. The summed E-state index contributed by atoms with van der Waals surface area (Å²) in [5.74, 6) is 1.91. The van der Waals surface area contributed by atoms with E-state index in [1.54, 1.807) is 0 Å². The lowest BCUT2D eigenvalue weighted by molar-refractivity contribution is 0.522. The van der Waals surface area contributed by atoms with E-state index in [1.165, 1.54) is 5.56 Å². The van der Waals surface area contributed by atoms with E-state index in [-0.39, 0.29) is 5.41 Å². The van der Waals surface area contributed by atoms with Gasteiger partial charge in [-0.3, -0.25) is 0 Å². The van der Waals surface area contributed by atoms with Gasteiger partial charge in [0.15, 0.2) is 0 Å². The van der Waals surface area contributed by atoms with Crippen LogP contribution in [0.5, 0.6) is 0 Å². The zero-order valence-electron chi connectivity index (χ0n) is 9.96. The van der Waals surface area contributed by atoms with E-state index in [0.29, 0.717) is 11.7 Å². The molecule has 1 aromatic rings. The van der Waals surface area contributed by atoms with Crippen LogP contribution in [0.4, 0.5) is 5.82 Å². The third-order valence-electron chi connectivity index (χ3n) is 3.21. The Morgan fingerprint density at radius 2 is 1.93 bits per heavy atom. The summed E-state index contributed by atoms with van der Waals surface area (Å²) >= 11 is 0. The second kappa shape index (κ2) is 3.19. The third-order valence-corrected chi connectivity index (χ3v) is 3.21. The Hall–Kier alpha value is -1.12. The van der Waals surface area contributed by atoms with Gasteiger partial charge in [0.25, 0.3) is 0 Å². The van der Waals surface area contributed by atoms with Gasteiger partial charge in [0, 0.05) is 17.2 Å². The molecule has 1 aliphatic rings. The highest BCUT2D eigenvalue weighted by Crippen LogP contribution is 2.40. The lowest BCUT2D eigenvalue weighted by Gasteiger charge is -2.20. The fraction of sp³-hybridized carbons (Fsp3) is 0.667. The quantitative estimate of drug-likeness (QED) is 0.766. The van der Waals surface area contributed by atoms with Crippen LogP contribution >= 0.6 is 0 Å². The zero-order chi connectivity index (χ0) is 11.2. The van der Waals surface area contributed by atoms with Gasteiger partial charge >= 0.3 is 0 Å². The molecule has 2 N–H and O–H groups in total. The molecule has 0 spiro atoms. The molecule has 0 radical (unpaired) electrons. The van der Waals surface area contributed by atoms with Crippen molar-refractivity contribution >= 4 is 5.82 Å². The number of aryl methyl sites for hydroxylation is 1. The van der Waals surface area contributed by atoms with Crippen LogP contribution in [0.1, 0.15) is 57.1 Å². The van der Waals surface area contributed by atoms with E-state index >= 15 is 0 Å². The lowest BCUT2D eigenvalue weighted by Crippen LogP contribution is -2.17. The molecule has 1 aromatic heterocycles. The molecule has 0 aliphatic heterocycles. The van der Waals surface area contributed by atoms with Crippen LogP contribution < -0.4 is 5.73 Å². The van der Waals surface area contributed by atoms with E-state index in [9.17, 15) is 0 Å². The van der Waals surface area contributed by atoms with Gasteiger partial charge in [0.1, 0.15) is 11.6 Å². The molecule has 0 saturated carbocycles. The lowest BCUT2D eigenvalue weighted by atomic mass is 9.87. The monoisotopic (exact) mass is 205 g/mol. The molecule has 82 valence electrons. The number of anilines is 1. The minimum absolute atomic E-state index is 0.148. The summed E-state index contributed by atoms with van der Waals surface area (Å²) in [5, 5.41) is 0. The van der Waals surface area contributed by atoms with Crippen LogP contribution in [0, 0.1) is 0 Å². The van der Waals surface area contributed by atoms with Crippen LogP contribution in [0.15, 0.2) is 0 Å². The number of aromatic nitrogens is 2. The van der Waals surface area contributed by atoms with Gasteiger partial charge in [-0.25, -0.2) is 9.97 Å². The first-order valence-electron chi connectivity index (χ1n) is 5.58. The van der Waals surface area contributed by atoms with Crippen molar-refractivity contribution in [3.63, 3.8) is 0 Å². The summed E-state index contributed by atoms with van der Waals surface area (Å²) in [4.78, 5) is 9.02. The SMILES string of the molecule is CC(C)c1nc(N)c2c(n1)CCC2(C)C. The van der Waals surface area contributed by atoms with Gasteiger partial charge in [-0.15, -0.1) is 0 Å². The van der Waals surface area contributed by atoms with Crippen molar-refractivity contribution in [1.29, 1.82) is 0 Å². The molecule has 0 atom stereocenters. The van der Waals surface area contributed by atoms with Gasteiger partial charge in [-0.1, -0.05) is 27.7 Å². The molecular formula is C12H19N3. The zero-order valence-corrected chi connectivity index (χ0v) is 9.96. The molecule has 1 aliphatic carbocycles. The smallest absolute Gasteiger partial charge is 0.133 e. The molecule has 0 fully saturated rings. The van der Waals surface area contributed by atoms with Crippen LogP contribution in [0.2, 0.25) is 0 Å². The van der Waals surface area contributed by atoms with Gasteiger partial charge in [0.2, 0.25) is 0 Å². The van der Waals surface area contributed by atoms with Crippen molar-refractivity contribution in [1.82, 2.24) is 9.97 Å². The predicted octanol–water partition coefficient (Wildman–Crippen LogP) is 2.41. The van der Waals surface area contributed by atoms with E-state index in [1.807, 2.05) is 0 Å². The Kier molecular flexibility index (Phi) is 2.21. The first-order chi connectivity index (χ1) is 6.92. The van der Waals surface area contributed by atoms with Gasteiger partial charge in [-0.05, 0) is 18.3 Å². The van der Waals surface area contributed by atoms with Crippen molar-refractivity contribution in [2.75, 3.05) is 5.73 Å². The third kappa shape index (κ3) is 1.60. The van der Waals surface area contributed by atoms with Crippen molar-refractivity contribution in [2.45, 2.75) is 51.9 Å². The Bertz CT molecular complexity index is 394. The second-order valence-corrected chi connectivity index (χ2v) is 5.33. The molecule has 15 heavy (non-hydrogen) atoms. The Morgan fingerprint density at radius 3 is 2.53 bits per heavy atom. The molecule has 1 heterocycles. The predicted molar refractivity (Wildman–Crippen MR) is 61.9 cm³/mol. The normalized spacial score (nSPS) is 18.2. The summed E-state index contributed by atoms with van der Waals surface area (Å²) in [6.45, 7) is 8.63. The van der Waals surface area contributed by atoms with Gasteiger partial charge in [-0.2, -0.15) is 0 Å². The highest BCUT2D eigenvalue weighted by molar-refractivity contribution is 5.50. The number of hydrogen-bond donors (Lipinski definition) is 1. The van der Waals surface area contributed by atoms with E-state index in [4.69, 9.17) is 5.73 Å². The molecule has 3 heteroatoms. The van der Waals surface area contributed by atoms with Crippen molar-refractivity contribution < 1.29 is 0 Å². The maximum absolute atomic E-state index is 6.04. The van der Waals surface area contributed by atoms with Gasteiger partial charge < -0.3 is 5.73 Å². The minimum Gasteiger partial charge on any atom is -0.383 e. The van der Waals surface area contributed by atoms with Gasteiger partial charge in [0.05, 0.1) is 0 Å². The van der Waals surface area contributed by atoms with Crippen molar-refractivity contribution in [2.24, 2.45) is 0 Å². The number of fused-ring (bicyclic) bond motifs is 1. The number of rotatable bonds is 1. The topological polar surface area (TPSA) is 51.8 Å². The average Bonchev–Trinajstić information content (AvgIpc) is 2.42. The second-order valence-electron chi connectivity index (χ2n) is 5.33. The number of nitrogens with zero attached hydrogens (tertiary/aromatic N) is 2. The largest absolute Gasteiger partial charge is 0.383 e. The summed E-state index contributed by atoms with van der Waals surface area (Å²) in [7, 11) is 0. The molecule has 0 saturated heterocycles. The summed E-state index contributed by atoms with van der Waals surface area (Å²) in [5.41, 5.74) is 8.52. The van der Waals surface area contributed by atoms with Crippen LogP contribution in [0.25, 0.3) is 0 Å². The van der Waals surface area contributed by atoms with Crippen LogP contribution in [-0.2, 0) is 11.8 Å². The molecule has 2 rings (SSSR count). The number of hydrogen-bond acceptors (Lipinski definition) is 3.